The number of rotatable bonds is 7. The second kappa shape index (κ2) is 7.67. The topological polar surface area (TPSA) is 36.9 Å². The summed E-state index contributed by atoms with van der Waals surface area (Å²) in [5.74, 6) is 1.35. The lowest BCUT2D eigenvalue weighted by Gasteiger charge is -2.16. The van der Waals surface area contributed by atoms with Gasteiger partial charge in [0.2, 0.25) is 0 Å². The fourth-order valence-electron chi connectivity index (χ4n) is 2.05. The van der Waals surface area contributed by atoms with Crippen LogP contribution in [0.3, 0.4) is 0 Å². The van der Waals surface area contributed by atoms with E-state index < -0.39 is 6.29 Å². The van der Waals surface area contributed by atoms with Crippen molar-refractivity contribution < 1.29 is 18.9 Å². The molecule has 0 unspecified atom stereocenters. The maximum absolute atomic E-state index is 5.81. The average molecular weight is 288 g/mol. The molecule has 0 aliphatic carbocycles. The molecule has 2 rings (SSSR count). The molecule has 0 radical (unpaired) electrons. The van der Waals surface area contributed by atoms with Crippen LogP contribution < -0.4 is 9.47 Å². The van der Waals surface area contributed by atoms with Crippen molar-refractivity contribution in [1.82, 2.24) is 0 Å². The lowest BCUT2D eigenvalue weighted by Crippen LogP contribution is -2.04. The van der Waals surface area contributed by atoms with Gasteiger partial charge in [0, 0.05) is 19.8 Å². The minimum Gasteiger partial charge on any atom is -0.493 e. The Morgan fingerprint density at radius 2 is 1.57 bits per heavy atom. The van der Waals surface area contributed by atoms with Crippen molar-refractivity contribution in [1.29, 1.82) is 0 Å². The van der Waals surface area contributed by atoms with Crippen molar-refractivity contribution in [3.8, 4) is 11.5 Å². The Bertz CT molecular complexity index is 550. The van der Waals surface area contributed by atoms with Crippen LogP contribution in [0, 0.1) is 0 Å². The lowest BCUT2D eigenvalue weighted by atomic mass is 10.2. The van der Waals surface area contributed by atoms with Crippen LogP contribution >= 0.6 is 0 Å². The maximum Gasteiger partial charge on any atom is 0.183 e. The smallest absolute Gasteiger partial charge is 0.183 e. The fourth-order valence-corrected chi connectivity index (χ4v) is 2.05. The first-order chi connectivity index (χ1) is 10.3. The predicted octanol–water partition coefficient (Wildman–Crippen LogP) is 3.57. The summed E-state index contributed by atoms with van der Waals surface area (Å²) in [6, 6.07) is 15.6. The van der Waals surface area contributed by atoms with Gasteiger partial charge in [0.15, 0.2) is 17.8 Å². The first kappa shape index (κ1) is 15.4. The number of hydrogen-bond donors (Lipinski definition) is 0. The molecule has 0 fully saturated rings. The fraction of sp³-hybridized carbons (Fsp3) is 0.294. The minimum absolute atomic E-state index is 0.415. The van der Waals surface area contributed by atoms with Gasteiger partial charge in [0.25, 0.3) is 0 Å². The number of ether oxygens (including phenoxy) is 4. The van der Waals surface area contributed by atoms with E-state index in [4.69, 9.17) is 18.9 Å². The summed E-state index contributed by atoms with van der Waals surface area (Å²) in [4.78, 5) is 0. The highest BCUT2D eigenvalue weighted by atomic mass is 16.7. The van der Waals surface area contributed by atoms with E-state index in [2.05, 4.69) is 0 Å². The van der Waals surface area contributed by atoms with Crippen molar-refractivity contribution >= 4 is 0 Å². The molecular weight excluding hydrogens is 268 g/mol. The highest BCUT2D eigenvalue weighted by Crippen LogP contribution is 2.31. The third-order valence-corrected chi connectivity index (χ3v) is 3.13. The molecule has 0 N–H and O–H groups in total. The van der Waals surface area contributed by atoms with Gasteiger partial charge in [0.1, 0.15) is 6.61 Å². The molecule has 2 aromatic carbocycles. The summed E-state index contributed by atoms with van der Waals surface area (Å²) >= 11 is 0. The van der Waals surface area contributed by atoms with Crippen LogP contribution in [-0.2, 0) is 16.1 Å². The van der Waals surface area contributed by atoms with Crippen molar-refractivity contribution in [2.75, 3.05) is 21.3 Å². The second-order valence-electron chi connectivity index (χ2n) is 4.49. The minimum atomic E-state index is -0.415. The SMILES string of the molecule is COc1cc(C(OC)OC)ccc1OCc1ccccc1. The van der Waals surface area contributed by atoms with E-state index in [1.54, 1.807) is 21.3 Å². The molecule has 0 saturated heterocycles. The zero-order chi connectivity index (χ0) is 15.1. The molecule has 0 amide bonds. The summed E-state index contributed by atoms with van der Waals surface area (Å²) in [7, 11) is 4.81. The monoisotopic (exact) mass is 288 g/mol. The first-order valence-corrected chi connectivity index (χ1v) is 6.68. The van der Waals surface area contributed by atoms with Gasteiger partial charge >= 0.3 is 0 Å². The maximum atomic E-state index is 5.81. The Morgan fingerprint density at radius 3 is 2.19 bits per heavy atom. The van der Waals surface area contributed by atoms with E-state index in [0.29, 0.717) is 18.1 Å². The van der Waals surface area contributed by atoms with Gasteiger partial charge in [-0.15, -0.1) is 0 Å². The highest BCUT2D eigenvalue weighted by Gasteiger charge is 2.13. The van der Waals surface area contributed by atoms with Crippen molar-refractivity contribution in [2.45, 2.75) is 12.9 Å². The van der Waals surface area contributed by atoms with E-state index in [1.807, 2.05) is 48.5 Å². The number of benzene rings is 2. The third kappa shape index (κ3) is 3.97. The molecule has 0 bridgehead atoms. The molecule has 112 valence electrons. The molecule has 21 heavy (non-hydrogen) atoms. The van der Waals surface area contributed by atoms with E-state index >= 15 is 0 Å². The van der Waals surface area contributed by atoms with Gasteiger partial charge in [-0.2, -0.15) is 0 Å². The van der Waals surface area contributed by atoms with Gasteiger partial charge in [-0.25, -0.2) is 0 Å². The lowest BCUT2D eigenvalue weighted by molar-refractivity contribution is -0.106. The molecule has 0 saturated carbocycles. The molecule has 0 atom stereocenters. The Kier molecular flexibility index (Phi) is 5.60. The number of methoxy groups -OCH3 is 3. The predicted molar refractivity (Wildman–Crippen MR) is 80.5 cm³/mol. The molecule has 2 aromatic rings. The van der Waals surface area contributed by atoms with Crippen LogP contribution in [0.1, 0.15) is 17.4 Å². The number of hydrogen-bond acceptors (Lipinski definition) is 4. The zero-order valence-corrected chi connectivity index (χ0v) is 12.5. The van der Waals surface area contributed by atoms with Crippen LogP contribution in [0.15, 0.2) is 48.5 Å². The quantitative estimate of drug-likeness (QED) is 0.730. The molecule has 0 aromatic heterocycles. The van der Waals surface area contributed by atoms with Crippen molar-refractivity contribution in [3.63, 3.8) is 0 Å². The Hall–Kier alpha value is -2.04. The van der Waals surface area contributed by atoms with E-state index in [9.17, 15) is 0 Å². The van der Waals surface area contributed by atoms with Crippen LogP contribution in [0.2, 0.25) is 0 Å². The zero-order valence-electron chi connectivity index (χ0n) is 12.5. The van der Waals surface area contributed by atoms with Gasteiger partial charge < -0.3 is 18.9 Å². The van der Waals surface area contributed by atoms with Crippen LogP contribution in [0.25, 0.3) is 0 Å². The Balaban J connectivity index is 2.13. The summed E-state index contributed by atoms with van der Waals surface area (Å²) in [5.41, 5.74) is 1.99. The summed E-state index contributed by atoms with van der Waals surface area (Å²) < 4.78 is 21.7. The molecular formula is C17H20O4. The molecule has 0 spiro atoms. The Labute approximate surface area is 125 Å². The largest absolute Gasteiger partial charge is 0.493 e. The van der Waals surface area contributed by atoms with Crippen molar-refractivity contribution in [3.05, 3.63) is 59.7 Å². The molecule has 4 heteroatoms. The van der Waals surface area contributed by atoms with Gasteiger partial charge in [-0.3, -0.25) is 0 Å². The second-order valence-corrected chi connectivity index (χ2v) is 4.49. The van der Waals surface area contributed by atoms with E-state index in [-0.39, 0.29) is 0 Å². The molecule has 4 nitrogen and oxygen atoms in total. The van der Waals surface area contributed by atoms with Gasteiger partial charge in [0.05, 0.1) is 7.11 Å². The van der Waals surface area contributed by atoms with Gasteiger partial charge in [-0.05, 0) is 17.7 Å². The van der Waals surface area contributed by atoms with E-state index in [0.717, 1.165) is 11.1 Å². The first-order valence-electron chi connectivity index (χ1n) is 6.68. The van der Waals surface area contributed by atoms with Crippen LogP contribution in [-0.4, -0.2) is 21.3 Å². The molecule has 0 aliphatic heterocycles. The third-order valence-electron chi connectivity index (χ3n) is 3.13. The van der Waals surface area contributed by atoms with Crippen molar-refractivity contribution in [2.24, 2.45) is 0 Å². The average Bonchev–Trinajstić information content (AvgIpc) is 2.55. The summed E-state index contributed by atoms with van der Waals surface area (Å²) in [6.07, 6.45) is -0.415. The van der Waals surface area contributed by atoms with E-state index in [1.165, 1.54) is 0 Å². The van der Waals surface area contributed by atoms with Gasteiger partial charge in [-0.1, -0.05) is 36.4 Å². The van der Waals surface area contributed by atoms with Crippen LogP contribution in [0.4, 0.5) is 0 Å². The summed E-state index contributed by atoms with van der Waals surface area (Å²) in [5, 5.41) is 0. The molecule has 0 aliphatic rings. The molecule has 0 heterocycles. The Morgan fingerprint density at radius 1 is 0.857 bits per heavy atom. The standard InChI is InChI=1S/C17H20O4/c1-18-16-11-14(17(19-2)20-3)9-10-15(16)21-12-13-7-5-4-6-8-13/h4-11,17H,12H2,1-3H3. The normalized spacial score (nSPS) is 10.7. The van der Waals surface area contributed by atoms with Crippen LogP contribution in [0.5, 0.6) is 11.5 Å². The highest BCUT2D eigenvalue weighted by molar-refractivity contribution is 5.43. The summed E-state index contributed by atoms with van der Waals surface area (Å²) in [6.45, 7) is 0.495.